The lowest BCUT2D eigenvalue weighted by atomic mass is 9.97. The van der Waals surface area contributed by atoms with Gasteiger partial charge in [-0.05, 0) is 35.9 Å². The van der Waals surface area contributed by atoms with E-state index in [2.05, 4.69) is 15.7 Å². The molecule has 0 saturated heterocycles. The van der Waals surface area contributed by atoms with Gasteiger partial charge in [-0.25, -0.2) is 9.48 Å². The number of nitrogens with zero attached hydrogens (tertiary/aromatic N) is 3. The Morgan fingerprint density at radius 1 is 1.00 bits per heavy atom. The van der Waals surface area contributed by atoms with E-state index >= 15 is 0 Å². The highest BCUT2D eigenvalue weighted by molar-refractivity contribution is 6.30. The molecule has 2 atom stereocenters. The third-order valence-electron chi connectivity index (χ3n) is 5.85. The first-order chi connectivity index (χ1) is 19.6. The molecule has 0 spiro atoms. The Bertz CT molecular complexity index is 1460. The van der Waals surface area contributed by atoms with Gasteiger partial charge in [-0.15, -0.1) is 5.10 Å². The van der Waals surface area contributed by atoms with E-state index in [9.17, 15) is 45.8 Å². The lowest BCUT2D eigenvalue weighted by molar-refractivity contribution is -0.207. The van der Waals surface area contributed by atoms with Gasteiger partial charge in [0.1, 0.15) is 6.54 Å². The van der Waals surface area contributed by atoms with E-state index in [0.717, 1.165) is 18.2 Å². The Labute approximate surface area is 238 Å². The Kier molecular flexibility index (Phi) is 10.4. The van der Waals surface area contributed by atoms with Gasteiger partial charge < -0.3 is 20.8 Å². The van der Waals surface area contributed by atoms with Crippen molar-refractivity contribution >= 4 is 23.4 Å². The number of hydrogen-bond acceptors (Lipinski definition) is 6. The molecule has 0 aliphatic rings. The average molecular weight is 624 g/mol. The minimum absolute atomic E-state index is 0.113. The van der Waals surface area contributed by atoms with Crippen LogP contribution in [0.5, 0.6) is 0 Å². The topological polar surface area (TPSA) is 138 Å². The number of aliphatic hydroxyl groups is 2. The molecule has 1 heterocycles. The number of amides is 2. The number of rotatable bonds is 11. The molecule has 2 unspecified atom stereocenters. The lowest BCUT2D eigenvalue weighted by Crippen LogP contribution is -2.40. The molecule has 0 fully saturated rings. The maximum Gasteiger partial charge on any atom is 0.416 e. The number of alkyl halides is 6. The predicted molar refractivity (Wildman–Crippen MR) is 136 cm³/mol. The third kappa shape index (κ3) is 8.33. The molecular formula is C25H24ClF6N5O5. The van der Waals surface area contributed by atoms with Crippen LogP contribution in [0.25, 0.3) is 11.4 Å². The summed E-state index contributed by atoms with van der Waals surface area (Å²) < 4.78 is 81.3. The molecule has 0 bridgehead atoms. The van der Waals surface area contributed by atoms with Gasteiger partial charge in [-0.2, -0.15) is 26.3 Å². The van der Waals surface area contributed by atoms with Crippen LogP contribution >= 0.6 is 11.6 Å². The van der Waals surface area contributed by atoms with Crippen molar-refractivity contribution in [2.45, 2.75) is 44.0 Å². The first-order valence-electron chi connectivity index (χ1n) is 12.1. The number of aromatic nitrogens is 3. The van der Waals surface area contributed by atoms with E-state index in [1.54, 1.807) is 0 Å². The van der Waals surface area contributed by atoms with Gasteiger partial charge >= 0.3 is 18.0 Å². The number of hydrogen-bond donors (Lipinski definition) is 4. The molecule has 4 N–H and O–H groups in total. The summed E-state index contributed by atoms with van der Waals surface area (Å²) in [6.07, 6.45) is -13.6. The van der Waals surface area contributed by atoms with Crippen LogP contribution in [-0.4, -0.2) is 61.8 Å². The molecule has 2 amide bonds. The van der Waals surface area contributed by atoms with Crippen LogP contribution < -0.4 is 16.3 Å². The zero-order chi connectivity index (χ0) is 31.2. The summed E-state index contributed by atoms with van der Waals surface area (Å²) in [6.45, 7) is -2.89. The summed E-state index contributed by atoms with van der Waals surface area (Å²) in [5.41, 5.74) is -2.72. The second kappa shape index (κ2) is 13.4. The summed E-state index contributed by atoms with van der Waals surface area (Å²) >= 11 is 5.84. The minimum Gasteiger partial charge on any atom is -0.395 e. The van der Waals surface area contributed by atoms with Gasteiger partial charge in [0.2, 0.25) is 11.8 Å². The normalized spacial score (nSPS) is 13.5. The fraction of sp³-hybridized carbons (Fsp3) is 0.360. The van der Waals surface area contributed by atoms with Crippen molar-refractivity contribution in [3.8, 4) is 11.4 Å². The smallest absolute Gasteiger partial charge is 0.395 e. The molecule has 0 aliphatic heterocycles. The molecular weight excluding hydrogens is 600 g/mol. The van der Waals surface area contributed by atoms with Crippen LogP contribution in [0.1, 0.15) is 23.6 Å². The first kappa shape index (κ1) is 32.6. The van der Waals surface area contributed by atoms with E-state index < -0.39 is 79.2 Å². The van der Waals surface area contributed by atoms with E-state index in [4.69, 9.17) is 16.7 Å². The number of halogens is 7. The van der Waals surface area contributed by atoms with E-state index in [0.29, 0.717) is 9.25 Å². The molecule has 0 saturated carbocycles. The molecule has 10 nitrogen and oxygen atoms in total. The first-order valence-corrected chi connectivity index (χ1v) is 12.5. The van der Waals surface area contributed by atoms with Crippen molar-refractivity contribution in [2.24, 2.45) is 0 Å². The fourth-order valence-electron chi connectivity index (χ4n) is 3.92. The molecule has 0 aliphatic carbocycles. The molecule has 3 aromatic rings. The van der Waals surface area contributed by atoms with E-state index in [1.807, 2.05) is 0 Å². The molecule has 3 rings (SSSR count). The van der Waals surface area contributed by atoms with Crippen LogP contribution in [0.15, 0.2) is 53.3 Å². The Morgan fingerprint density at radius 2 is 1.64 bits per heavy atom. The van der Waals surface area contributed by atoms with E-state index in [-0.39, 0.29) is 23.0 Å². The molecule has 42 heavy (non-hydrogen) atoms. The average Bonchev–Trinajstić information content (AvgIpc) is 3.20. The highest BCUT2D eigenvalue weighted by Crippen LogP contribution is 2.35. The number of carbonyl (C=O) groups is 2. The van der Waals surface area contributed by atoms with Gasteiger partial charge in [-0.1, -0.05) is 29.8 Å². The van der Waals surface area contributed by atoms with Crippen molar-refractivity contribution in [1.29, 1.82) is 0 Å². The summed E-state index contributed by atoms with van der Waals surface area (Å²) in [5, 5.41) is 27.2. The second-order valence-electron chi connectivity index (χ2n) is 8.92. The Morgan fingerprint density at radius 3 is 2.24 bits per heavy atom. The molecule has 2 aromatic carbocycles. The van der Waals surface area contributed by atoms with Crippen LogP contribution in [0.3, 0.4) is 0 Å². The number of benzene rings is 2. The molecule has 228 valence electrons. The molecule has 0 radical (unpaired) electrons. The van der Waals surface area contributed by atoms with Gasteiger partial charge in [0.25, 0.3) is 0 Å². The van der Waals surface area contributed by atoms with Crippen molar-refractivity contribution in [3.05, 3.63) is 75.2 Å². The Hall–Kier alpha value is -3.89. The van der Waals surface area contributed by atoms with Crippen LogP contribution in [0.2, 0.25) is 5.02 Å². The highest BCUT2D eigenvalue weighted by atomic mass is 35.5. The quantitative estimate of drug-likeness (QED) is 0.242. The zero-order valence-electron chi connectivity index (χ0n) is 21.4. The highest BCUT2D eigenvalue weighted by Gasteiger charge is 2.40. The van der Waals surface area contributed by atoms with Crippen molar-refractivity contribution < 1.29 is 46.1 Å². The number of aliphatic hydroxyl groups excluding tert-OH is 2. The van der Waals surface area contributed by atoms with Crippen molar-refractivity contribution in [1.82, 2.24) is 25.0 Å². The number of carbonyl (C=O) groups excluding carboxylic acids is 2. The predicted octanol–water partition coefficient (Wildman–Crippen LogP) is 2.66. The summed E-state index contributed by atoms with van der Waals surface area (Å²) in [7, 11) is 0. The van der Waals surface area contributed by atoms with Gasteiger partial charge in [0, 0.05) is 17.1 Å². The summed E-state index contributed by atoms with van der Waals surface area (Å²) in [6, 6.07) is 7.99. The monoisotopic (exact) mass is 623 g/mol. The molecule has 17 heteroatoms. The minimum atomic E-state index is -5.09. The van der Waals surface area contributed by atoms with Crippen LogP contribution in [0, 0.1) is 0 Å². The summed E-state index contributed by atoms with van der Waals surface area (Å²) in [5.74, 6) is -2.26. The van der Waals surface area contributed by atoms with Crippen molar-refractivity contribution in [2.75, 3.05) is 13.2 Å². The van der Waals surface area contributed by atoms with Crippen LogP contribution in [0.4, 0.5) is 26.3 Å². The summed E-state index contributed by atoms with van der Waals surface area (Å²) in [4.78, 5) is 38.3. The second-order valence-corrected chi connectivity index (χ2v) is 9.36. The standard InChI is InChI=1S/C25H24ClF6N5O5/c26-15-7-5-14(6-8-15)22-35-37(23(42)36(22)12-19(39)25(30,31)32)13-21(41)34-18(11-20(40)33-9-10-38)16-3-1-2-4-17(16)24(27,28)29/h1-8,18-19,38-39H,9-13H2,(H,33,40)(H,34,41). The van der Waals surface area contributed by atoms with E-state index in [1.165, 1.54) is 30.3 Å². The largest absolute Gasteiger partial charge is 0.416 e. The zero-order valence-corrected chi connectivity index (χ0v) is 22.2. The molecule has 1 aromatic heterocycles. The maximum atomic E-state index is 13.7. The van der Waals surface area contributed by atoms with Gasteiger partial charge in [0.05, 0.1) is 31.2 Å². The Balaban J connectivity index is 1.97. The maximum absolute atomic E-state index is 13.7. The fourth-order valence-corrected chi connectivity index (χ4v) is 4.05. The lowest BCUT2D eigenvalue weighted by Gasteiger charge is -2.22. The number of nitrogens with one attached hydrogen (secondary N) is 2. The van der Waals surface area contributed by atoms with Crippen molar-refractivity contribution in [3.63, 3.8) is 0 Å². The van der Waals surface area contributed by atoms with Gasteiger partial charge in [0.15, 0.2) is 11.9 Å². The third-order valence-corrected chi connectivity index (χ3v) is 6.10. The van der Waals surface area contributed by atoms with Crippen LogP contribution in [-0.2, 0) is 28.9 Å². The SMILES string of the molecule is O=C(CC(NC(=O)Cn1nc(-c2ccc(Cl)cc2)n(CC(O)C(F)(F)F)c1=O)c1ccccc1C(F)(F)F)NCCO. The van der Waals surface area contributed by atoms with Gasteiger partial charge in [-0.3, -0.25) is 14.2 Å².